The molecular formula is C16H22ClFN2O2S. The number of fused-ring (bicyclic) bond motifs is 1. The predicted octanol–water partition coefficient (Wildman–Crippen LogP) is 2.66. The number of amides is 1. The van der Waals surface area contributed by atoms with Crippen molar-refractivity contribution in [1.82, 2.24) is 5.32 Å². The van der Waals surface area contributed by atoms with Crippen LogP contribution in [-0.4, -0.2) is 31.4 Å². The number of nitrogens with two attached hydrogens (primary N) is 1. The van der Waals surface area contributed by atoms with Crippen LogP contribution in [0.1, 0.15) is 30.9 Å². The molecule has 1 amide bonds. The number of carbonyl (C=O) groups excluding carboxylic acids is 1. The minimum Gasteiger partial charge on any atom is -0.381 e. The Labute approximate surface area is 146 Å². The van der Waals surface area contributed by atoms with Crippen molar-refractivity contribution < 1.29 is 13.9 Å². The van der Waals surface area contributed by atoms with E-state index in [2.05, 4.69) is 5.32 Å². The summed E-state index contributed by atoms with van der Waals surface area (Å²) in [6.45, 7) is 1.45. The summed E-state index contributed by atoms with van der Waals surface area (Å²) < 4.78 is 19.3. The molecule has 3 rings (SSSR count). The van der Waals surface area contributed by atoms with E-state index < -0.39 is 5.41 Å². The van der Waals surface area contributed by atoms with Gasteiger partial charge in [0.15, 0.2) is 0 Å². The largest absolute Gasteiger partial charge is 0.381 e. The summed E-state index contributed by atoms with van der Waals surface area (Å²) >= 11 is 1.52. The highest BCUT2D eigenvalue weighted by molar-refractivity contribution is 7.99. The second-order valence-electron chi connectivity index (χ2n) is 5.92. The van der Waals surface area contributed by atoms with Crippen molar-refractivity contribution in [1.29, 1.82) is 0 Å². The van der Waals surface area contributed by atoms with Crippen molar-refractivity contribution in [2.75, 3.05) is 25.5 Å². The highest BCUT2D eigenvalue weighted by atomic mass is 35.5. The number of nitrogens with one attached hydrogen (secondary N) is 1. The molecule has 4 nitrogen and oxygen atoms in total. The number of thioether (sulfide) groups is 1. The highest BCUT2D eigenvalue weighted by Gasteiger charge is 2.40. The molecule has 7 heteroatoms. The van der Waals surface area contributed by atoms with Crippen LogP contribution in [0, 0.1) is 11.2 Å². The third-order valence-corrected chi connectivity index (χ3v) is 5.81. The molecule has 1 atom stereocenters. The number of hydrogen-bond donors (Lipinski definition) is 2. The van der Waals surface area contributed by atoms with Gasteiger partial charge in [0, 0.05) is 30.4 Å². The summed E-state index contributed by atoms with van der Waals surface area (Å²) in [5.41, 5.74) is 6.22. The van der Waals surface area contributed by atoms with Gasteiger partial charge in [0.1, 0.15) is 5.82 Å². The van der Waals surface area contributed by atoms with Crippen LogP contribution in [-0.2, 0) is 9.53 Å². The second kappa shape index (κ2) is 7.83. The summed E-state index contributed by atoms with van der Waals surface area (Å²) in [6, 6.07) is 4.93. The van der Waals surface area contributed by atoms with Crippen LogP contribution >= 0.6 is 24.2 Å². The molecule has 2 aliphatic heterocycles. The summed E-state index contributed by atoms with van der Waals surface area (Å²) in [7, 11) is 0. The summed E-state index contributed by atoms with van der Waals surface area (Å²) in [5, 5.41) is 3.11. The highest BCUT2D eigenvalue weighted by Crippen LogP contribution is 2.39. The summed E-state index contributed by atoms with van der Waals surface area (Å²) in [4.78, 5) is 13.4. The van der Waals surface area contributed by atoms with E-state index in [1.165, 1.54) is 17.8 Å². The van der Waals surface area contributed by atoms with E-state index in [1.54, 1.807) is 6.07 Å². The third-order valence-electron chi connectivity index (χ3n) is 4.65. The van der Waals surface area contributed by atoms with Gasteiger partial charge < -0.3 is 15.8 Å². The molecule has 1 unspecified atom stereocenters. The number of benzene rings is 1. The van der Waals surface area contributed by atoms with Crippen LogP contribution in [0.25, 0.3) is 0 Å². The Bertz CT molecular complexity index is 567. The van der Waals surface area contributed by atoms with E-state index in [0.29, 0.717) is 37.5 Å². The molecule has 1 fully saturated rings. The van der Waals surface area contributed by atoms with Crippen LogP contribution in [0.5, 0.6) is 0 Å². The molecule has 2 aliphatic rings. The van der Waals surface area contributed by atoms with E-state index in [4.69, 9.17) is 10.5 Å². The van der Waals surface area contributed by atoms with Gasteiger partial charge in [0.2, 0.25) is 5.91 Å². The molecular weight excluding hydrogens is 339 g/mol. The lowest BCUT2D eigenvalue weighted by molar-refractivity contribution is -0.136. The Balaban J connectivity index is 0.00000192. The van der Waals surface area contributed by atoms with Gasteiger partial charge in [-0.25, -0.2) is 4.39 Å². The molecule has 1 saturated heterocycles. The topological polar surface area (TPSA) is 64.4 Å². The number of carbonyl (C=O) groups is 1. The molecule has 0 spiro atoms. The number of rotatable bonds is 3. The molecule has 128 valence electrons. The van der Waals surface area contributed by atoms with Crippen LogP contribution < -0.4 is 11.1 Å². The molecule has 0 bridgehead atoms. The van der Waals surface area contributed by atoms with Crippen molar-refractivity contribution in [3.05, 3.63) is 29.6 Å². The zero-order valence-electron chi connectivity index (χ0n) is 12.8. The maximum atomic E-state index is 13.9. The average Bonchev–Trinajstić information content (AvgIpc) is 2.56. The summed E-state index contributed by atoms with van der Waals surface area (Å²) in [5.74, 6) is 0.573. The maximum Gasteiger partial charge on any atom is 0.228 e. The van der Waals surface area contributed by atoms with E-state index >= 15 is 0 Å². The van der Waals surface area contributed by atoms with E-state index in [1.807, 2.05) is 6.07 Å². The minimum atomic E-state index is -0.545. The Hall–Kier alpha value is -0.820. The fourth-order valence-corrected chi connectivity index (χ4v) is 4.27. The van der Waals surface area contributed by atoms with Crippen molar-refractivity contribution >= 4 is 30.1 Å². The fraction of sp³-hybridized carbons (Fsp3) is 0.562. The van der Waals surface area contributed by atoms with Gasteiger partial charge in [-0.3, -0.25) is 4.79 Å². The zero-order chi connectivity index (χ0) is 15.6. The molecule has 23 heavy (non-hydrogen) atoms. The first-order valence-electron chi connectivity index (χ1n) is 7.66. The monoisotopic (exact) mass is 360 g/mol. The molecule has 2 heterocycles. The zero-order valence-corrected chi connectivity index (χ0v) is 14.5. The molecule has 0 saturated carbocycles. The van der Waals surface area contributed by atoms with Crippen LogP contribution in [0.15, 0.2) is 23.1 Å². The van der Waals surface area contributed by atoms with Gasteiger partial charge in [-0.2, -0.15) is 0 Å². The first kappa shape index (κ1) is 18.5. The van der Waals surface area contributed by atoms with Crippen LogP contribution in [0.4, 0.5) is 4.39 Å². The van der Waals surface area contributed by atoms with Gasteiger partial charge in [0.05, 0.1) is 11.5 Å². The van der Waals surface area contributed by atoms with Gasteiger partial charge >= 0.3 is 0 Å². The van der Waals surface area contributed by atoms with E-state index in [9.17, 15) is 9.18 Å². The molecule has 3 N–H and O–H groups in total. The van der Waals surface area contributed by atoms with E-state index in [0.717, 1.165) is 17.7 Å². The van der Waals surface area contributed by atoms with Crippen molar-refractivity contribution in [2.24, 2.45) is 11.1 Å². The number of hydrogen-bond acceptors (Lipinski definition) is 4. The van der Waals surface area contributed by atoms with Crippen molar-refractivity contribution in [3.8, 4) is 0 Å². The maximum absolute atomic E-state index is 13.9. The van der Waals surface area contributed by atoms with Gasteiger partial charge in [-0.1, -0.05) is 12.1 Å². The lowest BCUT2D eigenvalue weighted by Crippen LogP contribution is -2.50. The van der Waals surface area contributed by atoms with Crippen molar-refractivity contribution in [2.45, 2.75) is 30.2 Å². The third kappa shape index (κ3) is 3.65. The smallest absolute Gasteiger partial charge is 0.228 e. The second-order valence-corrected chi connectivity index (χ2v) is 7.02. The molecule has 1 aromatic carbocycles. The molecule has 0 radical (unpaired) electrons. The van der Waals surface area contributed by atoms with Crippen LogP contribution in [0.2, 0.25) is 0 Å². The number of ether oxygens (including phenoxy) is 1. The van der Waals surface area contributed by atoms with E-state index in [-0.39, 0.29) is 30.2 Å². The number of halogens is 2. The van der Waals surface area contributed by atoms with Crippen LogP contribution in [0.3, 0.4) is 0 Å². The summed E-state index contributed by atoms with van der Waals surface area (Å²) in [6.07, 6.45) is 2.10. The lowest BCUT2D eigenvalue weighted by atomic mass is 9.79. The molecule has 0 aromatic heterocycles. The fourth-order valence-electron chi connectivity index (χ4n) is 3.13. The molecule has 1 aromatic rings. The SMILES string of the molecule is Cl.NCC1(C(=O)NC2CCSc3c(F)cccc32)CCOCC1. The molecule has 0 aliphatic carbocycles. The van der Waals surface area contributed by atoms with Gasteiger partial charge in [0.25, 0.3) is 0 Å². The predicted molar refractivity (Wildman–Crippen MR) is 91.4 cm³/mol. The Morgan fingerprint density at radius 1 is 1.43 bits per heavy atom. The average molecular weight is 361 g/mol. The minimum absolute atomic E-state index is 0. The van der Waals surface area contributed by atoms with Gasteiger partial charge in [-0.15, -0.1) is 24.2 Å². The quantitative estimate of drug-likeness (QED) is 0.869. The lowest BCUT2D eigenvalue weighted by Gasteiger charge is -2.37. The first-order chi connectivity index (χ1) is 10.7. The normalized spacial score (nSPS) is 22.6. The Morgan fingerprint density at radius 3 is 2.87 bits per heavy atom. The Morgan fingerprint density at radius 2 is 2.17 bits per heavy atom. The standard InChI is InChI=1S/C16H21FN2O2S.ClH/c17-12-3-1-2-11-13(4-9-22-14(11)12)19-15(20)16(10-18)5-7-21-8-6-16;/h1-3,13H,4-10,18H2,(H,19,20);1H. The Kier molecular flexibility index (Phi) is 6.31. The van der Waals surface area contributed by atoms with Gasteiger partial charge in [-0.05, 0) is 30.9 Å². The van der Waals surface area contributed by atoms with Crippen molar-refractivity contribution in [3.63, 3.8) is 0 Å². The first-order valence-corrected chi connectivity index (χ1v) is 8.65.